The van der Waals surface area contributed by atoms with Gasteiger partial charge in [0.15, 0.2) is 0 Å². The van der Waals surface area contributed by atoms with Gasteiger partial charge in [0.05, 0.1) is 22.9 Å². The Bertz CT molecular complexity index is 497. The summed E-state index contributed by atoms with van der Waals surface area (Å²) in [5, 5.41) is 4.15. The minimum absolute atomic E-state index is 0.0436. The summed E-state index contributed by atoms with van der Waals surface area (Å²) in [4.78, 5) is 7.00. The van der Waals surface area contributed by atoms with Crippen LogP contribution in [-0.2, 0) is 11.3 Å². The fraction of sp³-hybridized carbons (Fsp3) is 0.688. The SMILES string of the molecule is CC(C)(C)NCc1nc(N2CCOC(C)(C)C2)ccc1Cl. The maximum Gasteiger partial charge on any atom is 0.129 e. The second-order valence-electron chi connectivity index (χ2n) is 7.23. The van der Waals surface area contributed by atoms with Crippen LogP contribution in [0.2, 0.25) is 5.02 Å². The number of nitrogens with one attached hydrogen (secondary N) is 1. The molecule has 0 atom stereocenters. The van der Waals surface area contributed by atoms with E-state index in [-0.39, 0.29) is 11.1 Å². The lowest BCUT2D eigenvalue weighted by atomic mass is 10.1. The molecule has 4 nitrogen and oxygen atoms in total. The van der Waals surface area contributed by atoms with Gasteiger partial charge >= 0.3 is 0 Å². The molecule has 1 N–H and O–H groups in total. The maximum absolute atomic E-state index is 6.27. The van der Waals surface area contributed by atoms with Gasteiger partial charge in [0.25, 0.3) is 0 Å². The van der Waals surface area contributed by atoms with E-state index in [1.165, 1.54) is 0 Å². The Kier molecular flexibility index (Phi) is 4.81. The molecule has 0 aliphatic carbocycles. The molecule has 0 aromatic carbocycles. The molecule has 0 saturated carbocycles. The predicted octanol–water partition coefficient (Wildman–Crippen LogP) is 3.24. The van der Waals surface area contributed by atoms with E-state index in [1.807, 2.05) is 12.1 Å². The van der Waals surface area contributed by atoms with Crippen molar-refractivity contribution in [2.75, 3.05) is 24.6 Å². The van der Waals surface area contributed by atoms with Gasteiger partial charge in [0, 0.05) is 25.2 Å². The van der Waals surface area contributed by atoms with Crippen molar-refractivity contribution in [1.82, 2.24) is 10.3 Å². The summed E-state index contributed by atoms with van der Waals surface area (Å²) in [5.41, 5.74) is 0.805. The van der Waals surface area contributed by atoms with Crippen LogP contribution in [0, 0.1) is 0 Å². The van der Waals surface area contributed by atoms with E-state index < -0.39 is 0 Å². The van der Waals surface area contributed by atoms with Gasteiger partial charge in [-0.15, -0.1) is 0 Å². The number of nitrogens with zero attached hydrogens (tertiary/aromatic N) is 2. The molecule has 2 rings (SSSR count). The fourth-order valence-corrected chi connectivity index (χ4v) is 2.51. The van der Waals surface area contributed by atoms with Crippen molar-refractivity contribution >= 4 is 17.4 Å². The van der Waals surface area contributed by atoms with Gasteiger partial charge < -0.3 is 15.0 Å². The molecule has 1 aromatic heterocycles. The molecular formula is C16H26ClN3O. The van der Waals surface area contributed by atoms with Crippen LogP contribution in [0.15, 0.2) is 12.1 Å². The minimum Gasteiger partial charge on any atom is -0.372 e. The summed E-state index contributed by atoms with van der Waals surface area (Å²) in [6.45, 7) is 13.7. The minimum atomic E-state index is -0.136. The molecular weight excluding hydrogens is 286 g/mol. The van der Waals surface area contributed by atoms with E-state index in [0.29, 0.717) is 11.6 Å². The van der Waals surface area contributed by atoms with Crippen LogP contribution in [0.5, 0.6) is 0 Å². The molecule has 0 unspecified atom stereocenters. The van der Waals surface area contributed by atoms with Crippen LogP contribution in [-0.4, -0.2) is 35.8 Å². The third-order valence-electron chi connectivity index (χ3n) is 3.44. The van der Waals surface area contributed by atoms with Crippen LogP contribution in [0.25, 0.3) is 0 Å². The number of anilines is 1. The predicted molar refractivity (Wildman–Crippen MR) is 88.1 cm³/mol. The first kappa shape index (κ1) is 16.5. The number of hydrogen-bond donors (Lipinski definition) is 1. The Morgan fingerprint density at radius 3 is 2.71 bits per heavy atom. The van der Waals surface area contributed by atoms with E-state index in [4.69, 9.17) is 21.3 Å². The molecule has 0 bridgehead atoms. The van der Waals surface area contributed by atoms with Gasteiger partial charge in [0.2, 0.25) is 0 Å². The first-order chi connectivity index (χ1) is 9.66. The quantitative estimate of drug-likeness (QED) is 0.930. The highest BCUT2D eigenvalue weighted by molar-refractivity contribution is 6.31. The summed E-state index contributed by atoms with van der Waals surface area (Å²) in [6.07, 6.45) is 0. The number of halogens is 1. The molecule has 0 spiro atoms. The van der Waals surface area contributed by atoms with Crippen molar-refractivity contribution in [2.45, 2.75) is 52.3 Å². The van der Waals surface area contributed by atoms with Gasteiger partial charge in [0.1, 0.15) is 5.82 Å². The first-order valence-electron chi connectivity index (χ1n) is 7.46. The van der Waals surface area contributed by atoms with Crippen molar-refractivity contribution in [1.29, 1.82) is 0 Å². The van der Waals surface area contributed by atoms with Crippen molar-refractivity contribution in [3.63, 3.8) is 0 Å². The monoisotopic (exact) mass is 311 g/mol. The Labute approximate surface area is 132 Å². The molecule has 21 heavy (non-hydrogen) atoms. The lowest BCUT2D eigenvalue weighted by Crippen LogP contribution is -2.48. The molecule has 5 heteroatoms. The summed E-state index contributed by atoms with van der Waals surface area (Å²) in [5.74, 6) is 0.974. The molecule has 0 radical (unpaired) electrons. The zero-order valence-corrected chi connectivity index (χ0v) is 14.4. The average Bonchev–Trinajstić information content (AvgIpc) is 2.35. The summed E-state index contributed by atoms with van der Waals surface area (Å²) < 4.78 is 5.76. The number of pyridine rings is 1. The van der Waals surface area contributed by atoms with Crippen LogP contribution in [0.4, 0.5) is 5.82 Å². The molecule has 2 heterocycles. The highest BCUT2D eigenvalue weighted by atomic mass is 35.5. The molecule has 1 aliphatic heterocycles. The molecule has 0 amide bonds. The third kappa shape index (κ3) is 4.83. The van der Waals surface area contributed by atoms with Gasteiger partial charge in [-0.1, -0.05) is 11.6 Å². The molecule has 1 aromatic rings. The van der Waals surface area contributed by atoms with E-state index in [0.717, 1.165) is 31.2 Å². The second kappa shape index (κ2) is 6.11. The number of rotatable bonds is 3. The molecule has 1 aliphatic rings. The Morgan fingerprint density at radius 1 is 1.38 bits per heavy atom. The standard InChI is InChI=1S/C16H26ClN3O/c1-15(2,3)18-10-13-12(17)6-7-14(19-13)20-8-9-21-16(4,5)11-20/h6-7,18H,8-11H2,1-5H3. The second-order valence-corrected chi connectivity index (χ2v) is 7.64. The largest absolute Gasteiger partial charge is 0.372 e. The number of ether oxygens (including phenoxy) is 1. The first-order valence-corrected chi connectivity index (χ1v) is 7.83. The van der Waals surface area contributed by atoms with Crippen LogP contribution in [0.1, 0.15) is 40.3 Å². The number of hydrogen-bond acceptors (Lipinski definition) is 4. The van der Waals surface area contributed by atoms with Gasteiger partial charge in [-0.05, 0) is 46.8 Å². The fourth-order valence-electron chi connectivity index (χ4n) is 2.33. The van der Waals surface area contributed by atoms with E-state index in [1.54, 1.807) is 0 Å². The normalized spacial score (nSPS) is 18.9. The summed E-state index contributed by atoms with van der Waals surface area (Å²) in [6, 6.07) is 3.93. The van der Waals surface area contributed by atoms with Crippen LogP contribution in [0.3, 0.4) is 0 Å². The van der Waals surface area contributed by atoms with Crippen molar-refractivity contribution in [3.8, 4) is 0 Å². The van der Waals surface area contributed by atoms with Gasteiger partial charge in [-0.3, -0.25) is 0 Å². The van der Waals surface area contributed by atoms with E-state index >= 15 is 0 Å². The molecule has 1 saturated heterocycles. The van der Waals surface area contributed by atoms with Gasteiger partial charge in [-0.2, -0.15) is 0 Å². The smallest absolute Gasteiger partial charge is 0.129 e. The zero-order valence-electron chi connectivity index (χ0n) is 13.7. The Balaban J connectivity index is 2.14. The Morgan fingerprint density at radius 2 is 2.10 bits per heavy atom. The number of morpholine rings is 1. The van der Waals surface area contributed by atoms with Crippen LogP contribution >= 0.6 is 11.6 Å². The topological polar surface area (TPSA) is 37.4 Å². The molecule has 118 valence electrons. The lowest BCUT2D eigenvalue weighted by molar-refractivity contribution is -0.0279. The highest BCUT2D eigenvalue weighted by Gasteiger charge is 2.28. The Hall–Kier alpha value is -0.840. The van der Waals surface area contributed by atoms with Crippen molar-refractivity contribution < 1.29 is 4.74 Å². The van der Waals surface area contributed by atoms with E-state index in [2.05, 4.69) is 44.8 Å². The molecule has 1 fully saturated rings. The lowest BCUT2D eigenvalue weighted by Gasteiger charge is -2.39. The van der Waals surface area contributed by atoms with Crippen LogP contribution < -0.4 is 10.2 Å². The van der Waals surface area contributed by atoms with Gasteiger partial charge in [-0.25, -0.2) is 4.98 Å². The van der Waals surface area contributed by atoms with E-state index in [9.17, 15) is 0 Å². The van der Waals surface area contributed by atoms with Crippen molar-refractivity contribution in [3.05, 3.63) is 22.8 Å². The highest BCUT2D eigenvalue weighted by Crippen LogP contribution is 2.24. The average molecular weight is 312 g/mol. The van der Waals surface area contributed by atoms with Crippen molar-refractivity contribution in [2.24, 2.45) is 0 Å². The third-order valence-corrected chi connectivity index (χ3v) is 3.78. The zero-order chi connectivity index (χ0) is 15.7. The maximum atomic E-state index is 6.27. The number of aromatic nitrogens is 1. The summed E-state index contributed by atoms with van der Waals surface area (Å²) in [7, 11) is 0. The summed E-state index contributed by atoms with van der Waals surface area (Å²) >= 11 is 6.27.